The van der Waals surface area contributed by atoms with Gasteiger partial charge in [0.05, 0.1) is 7.11 Å². The second-order valence-corrected chi connectivity index (χ2v) is 2.49. The molecule has 0 heterocycles. The number of carboxylic acid groups (broad SMARTS) is 1. The van der Waals surface area contributed by atoms with Crippen molar-refractivity contribution in [3.05, 3.63) is 0 Å². The molecule has 0 saturated carbocycles. The van der Waals surface area contributed by atoms with E-state index < -0.39 is 0 Å². The molecule has 0 radical (unpaired) electrons. The van der Waals surface area contributed by atoms with Crippen molar-refractivity contribution in [3.63, 3.8) is 0 Å². The molecule has 15 heavy (non-hydrogen) atoms. The van der Waals surface area contributed by atoms with Crippen LogP contribution in [0.2, 0.25) is 0 Å². The number of hydrogen-bond donors (Lipinski definition) is 2. The number of carbonyl (C=O) groups is 2. The lowest BCUT2D eigenvalue weighted by atomic mass is 10.4. The molecular formula is C9H19NO5. The fourth-order valence-electron chi connectivity index (χ4n) is 0.683. The van der Waals surface area contributed by atoms with E-state index in [-0.39, 0.29) is 12.6 Å². The van der Waals surface area contributed by atoms with E-state index in [2.05, 4.69) is 17.0 Å². The quantitative estimate of drug-likeness (QED) is 0.513. The second kappa shape index (κ2) is 15.2. The number of methoxy groups -OCH3 is 1. The van der Waals surface area contributed by atoms with E-state index in [4.69, 9.17) is 14.6 Å². The van der Waals surface area contributed by atoms with Gasteiger partial charge in [-0.05, 0) is 12.8 Å². The molecule has 0 aliphatic carbocycles. The largest absolute Gasteiger partial charge is 0.483 e. The predicted molar refractivity (Wildman–Crippen MR) is 54.8 cm³/mol. The van der Waals surface area contributed by atoms with Crippen LogP contribution in [0.5, 0.6) is 0 Å². The van der Waals surface area contributed by atoms with Crippen molar-refractivity contribution < 1.29 is 24.2 Å². The van der Waals surface area contributed by atoms with E-state index in [0.29, 0.717) is 13.2 Å². The molecule has 0 aromatic rings. The average molecular weight is 221 g/mol. The molecule has 1 amide bonds. The fraction of sp³-hybridized carbons (Fsp3) is 0.778. The zero-order chi connectivity index (χ0) is 11.9. The summed E-state index contributed by atoms with van der Waals surface area (Å²) >= 11 is 0. The third-order valence-electron chi connectivity index (χ3n) is 1.27. The summed E-state index contributed by atoms with van der Waals surface area (Å²) in [6.45, 7) is 3.90. The molecule has 90 valence electrons. The Hall–Kier alpha value is -1.30. The van der Waals surface area contributed by atoms with E-state index >= 15 is 0 Å². The zero-order valence-electron chi connectivity index (χ0n) is 9.19. The van der Waals surface area contributed by atoms with Crippen molar-refractivity contribution in [1.82, 2.24) is 5.32 Å². The van der Waals surface area contributed by atoms with Crippen LogP contribution in [-0.4, -0.2) is 44.5 Å². The Balaban J connectivity index is 0. The van der Waals surface area contributed by atoms with Crippen molar-refractivity contribution >= 4 is 12.6 Å². The number of nitrogens with one attached hydrogen (secondary N) is 1. The topological polar surface area (TPSA) is 84.9 Å². The van der Waals surface area contributed by atoms with Crippen molar-refractivity contribution in [2.45, 2.75) is 19.8 Å². The summed E-state index contributed by atoms with van der Waals surface area (Å²) in [5.74, 6) is 0. The van der Waals surface area contributed by atoms with Crippen molar-refractivity contribution in [1.29, 1.82) is 0 Å². The standard InChI is InChI=1S/C8H17NO3.CH2O2/c1-3-6-12-7-4-5-9-8(10)11-2;2-1-3/h3-7H2,1-2H3,(H,9,10);1H,(H,2,3). The first kappa shape index (κ1) is 16.1. The monoisotopic (exact) mass is 221 g/mol. The number of carbonyl (C=O) groups excluding carboxylic acids is 1. The van der Waals surface area contributed by atoms with Crippen molar-refractivity contribution in [2.24, 2.45) is 0 Å². The first-order valence-corrected chi connectivity index (χ1v) is 4.70. The van der Waals surface area contributed by atoms with Gasteiger partial charge in [0.15, 0.2) is 0 Å². The summed E-state index contributed by atoms with van der Waals surface area (Å²) in [5, 5.41) is 9.46. The Bertz CT molecular complexity index is 151. The average Bonchev–Trinajstić information content (AvgIpc) is 2.24. The molecule has 0 aliphatic rings. The predicted octanol–water partition coefficient (Wildman–Crippen LogP) is 0.860. The summed E-state index contributed by atoms with van der Waals surface area (Å²) in [6, 6.07) is 0. The molecule has 2 N–H and O–H groups in total. The second-order valence-electron chi connectivity index (χ2n) is 2.49. The van der Waals surface area contributed by atoms with Gasteiger partial charge < -0.3 is 19.9 Å². The minimum Gasteiger partial charge on any atom is -0.483 e. The number of hydrogen-bond acceptors (Lipinski definition) is 4. The molecule has 0 aromatic heterocycles. The first-order chi connectivity index (χ1) is 7.22. The van der Waals surface area contributed by atoms with E-state index in [0.717, 1.165) is 19.4 Å². The minimum atomic E-state index is -0.384. The highest BCUT2D eigenvalue weighted by molar-refractivity contribution is 5.66. The highest BCUT2D eigenvalue weighted by Crippen LogP contribution is 1.84. The molecule has 0 saturated heterocycles. The normalized spacial score (nSPS) is 8.40. The summed E-state index contributed by atoms with van der Waals surface area (Å²) in [5.41, 5.74) is 0. The molecule has 0 bridgehead atoms. The SMILES string of the molecule is CCCOCCCNC(=O)OC.O=CO. The van der Waals surface area contributed by atoms with Gasteiger partial charge in [-0.2, -0.15) is 0 Å². The van der Waals surface area contributed by atoms with Crippen molar-refractivity contribution in [2.75, 3.05) is 26.9 Å². The van der Waals surface area contributed by atoms with Gasteiger partial charge in [-0.15, -0.1) is 0 Å². The summed E-state index contributed by atoms with van der Waals surface area (Å²) in [6.07, 6.45) is 1.48. The summed E-state index contributed by atoms with van der Waals surface area (Å²) in [7, 11) is 1.35. The Morgan fingerprint density at radius 2 is 2.07 bits per heavy atom. The summed E-state index contributed by atoms with van der Waals surface area (Å²) in [4.78, 5) is 18.9. The van der Waals surface area contributed by atoms with Crippen LogP contribution in [0.15, 0.2) is 0 Å². The van der Waals surface area contributed by atoms with Crippen LogP contribution in [0.1, 0.15) is 19.8 Å². The maximum atomic E-state index is 10.5. The Kier molecular flexibility index (Phi) is 16.3. The molecule has 0 rings (SSSR count). The van der Waals surface area contributed by atoms with Gasteiger partial charge in [0.2, 0.25) is 0 Å². The Morgan fingerprint density at radius 1 is 1.47 bits per heavy atom. The molecular weight excluding hydrogens is 202 g/mol. The third-order valence-corrected chi connectivity index (χ3v) is 1.27. The van der Waals surface area contributed by atoms with Gasteiger partial charge >= 0.3 is 6.09 Å². The van der Waals surface area contributed by atoms with E-state index in [1.807, 2.05) is 0 Å². The van der Waals surface area contributed by atoms with Gasteiger partial charge in [0.25, 0.3) is 6.47 Å². The highest BCUT2D eigenvalue weighted by Gasteiger charge is 1.95. The number of amides is 1. The van der Waals surface area contributed by atoms with Gasteiger partial charge in [0.1, 0.15) is 0 Å². The number of alkyl carbamates (subject to hydrolysis) is 1. The number of ether oxygens (including phenoxy) is 2. The molecule has 6 nitrogen and oxygen atoms in total. The van der Waals surface area contributed by atoms with Crippen molar-refractivity contribution in [3.8, 4) is 0 Å². The van der Waals surface area contributed by atoms with Crippen LogP contribution < -0.4 is 5.32 Å². The smallest absolute Gasteiger partial charge is 0.406 e. The van der Waals surface area contributed by atoms with Crippen LogP contribution in [0.4, 0.5) is 4.79 Å². The molecule has 0 aliphatic heterocycles. The van der Waals surface area contributed by atoms with E-state index in [9.17, 15) is 4.79 Å². The Labute approximate surface area is 89.6 Å². The lowest BCUT2D eigenvalue weighted by Gasteiger charge is -2.03. The molecule has 6 heteroatoms. The third kappa shape index (κ3) is 19.2. The van der Waals surface area contributed by atoms with Gasteiger partial charge in [-0.1, -0.05) is 6.92 Å². The number of rotatable bonds is 6. The zero-order valence-corrected chi connectivity index (χ0v) is 9.19. The van der Waals surface area contributed by atoms with Crippen LogP contribution in [0.25, 0.3) is 0 Å². The van der Waals surface area contributed by atoms with Crippen LogP contribution >= 0.6 is 0 Å². The van der Waals surface area contributed by atoms with Crippen LogP contribution in [0, 0.1) is 0 Å². The van der Waals surface area contributed by atoms with E-state index in [1.54, 1.807) is 0 Å². The maximum Gasteiger partial charge on any atom is 0.406 e. The van der Waals surface area contributed by atoms with Crippen LogP contribution in [0.3, 0.4) is 0 Å². The molecule has 0 fully saturated rings. The van der Waals surface area contributed by atoms with Gasteiger partial charge in [0, 0.05) is 19.8 Å². The lowest BCUT2D eigenvalue weighted by Crippen LogP contribution is -2.24. The van der Waals surface area contributed by atoms with Crippen LogP contribution in [-0.2, 0) is 14.3 Å². The summed E-state index contributed by atoms with van der Waals surface area (Å²) < 4.78 is 9.59. The molecule has 0 atom stereocenters. The highest BCUT2D eigenvalue weighted by atomic mass is 16.5. The maximum absolute atomic E-state index is 10.5. The Morgan fingerprint density at radius 3 is 2.53 bits per heavy atom. The molecule has 0 unspecified atom stereocenters. The molecule has 0 spiro atoms. The fourth-order valence-corrected chi connectivity index (χ4v) is 0.683. The minimum absolute atomic E-state index is 0.250. The van der Waals surface area contributed by atoms with E-state index in [1.165, 1.54) is 7.11 Å². The molecule has 0 aromatic carbocycles. The first-order valence-electron chi connectivity index (χ1n) is 4.70. The lowest BCUT2D eigenvalue weighted by molar-refractivity contribution is -0.122. The van der Waals surface area contributed by atoms with Gasteiger partial charge in [-0.3, -0.25) is 4.79 Å². The van der Waals surface area contributed by atoms with Gasteiger partial charge in [-0.25, -0.2) is 4.79 Å².